The molecule has 4 rings (SSSR count). The molecule has 40 heavy (non-hydrogen) atoms. The van der Waals surface area contributed by atoms with E-state index < -0.39 is 29.9 Å². The number of carbonyl (C=O) groups excluding carboxylic acids is 2. The van der Waals surface area contributed by atoms with Crippen LogP contribution in [-0.4, -0.2) is 48.3 Å². The summed E-state index contributed by atoms with van der Waals surface area (Å²) in [6, 6.07) is 10.4. The van der Waals surface area contributed by atoms with Gasteiger partial charge in [-0.2, -0.15) is 0 Å². The molecule has 2 bridgehead atoms. The predicted molar refractivity (Wildman–Crippen MR) is 151 cm³/mol. The summed E-state index contributed by atoms with van der Waals surface area (Å²) in [5.41, 5.74) is 2.07. The van der Waals surface area contributed by atoms with Gasteiger partial charge in [-0.3, -0.25) is 9.59 Å². The maximum Gasteiger partial charge on any atom is 0.243 e. The van der Waals surface area contributed by atoms with Crippen LogP contribution in [0, 0.1) is 30.5 Å². The Balaban J connectivity index is 1.55. The number of amides is 2. The minimum Gasteiger partial charge on any atom is -0.493 e. The smallest absolute Gasteiger partial charge is 0.243 e. The Bertz CT molecular complexity index is 1290. The minimum absolute atomic E-state index is 0.00518. The molecule has 0 spiro atoms. The number of aliphatic hydroxyl groups excluding tert-OH is 1. The van der Waals surface area contributed by atoms with Gasteiger partial charge in [-0.1, -0.05) is 18.1 Å². The van der Waals surface area contributed by atoms with Gasteiger partial charge in [0.05, 0.1) is 18.8 Å². The van der Waals surface area contributed by atoms with E-state index in [9.17, 15) is 19.1 Å². The number of benzene rings is 2. The second-order valence-electron chi connectivity index (χ2n) is 10.6. The lowest BCUT2D eigenvalue weighted by atomic mass is 9.98. The van der Waals surface area contributed by atoms with E-state index in [4.69, 9.17) is 17.6 Å². The molecule has 1 fully saturated rings. The van der Waals surface area contributed by atoms with E-state index in [1.807, 2.05) is 24.3 Å². The SMILES string of the molecule is C#CC[C@@H]1NC(=O)CCCCCOc2cc(F)cc(c2)C[C@@H]([C@H](O)CNC2(c3cccc(C#C)c3)CC2)NC1=O. The van der Waals surface area contributed by atoms with Crippen molar-refractivity contribution in [1.82, 2.24) is 16.0 Å². The molecule has 8 heteroatoms. The lowest BCUT2D eigenvalue weighted by Gasteiger charge is -2.29. The fourth-order valence-electron chi connectivity index (χ4n) is 5.03. The number of carbonyl (C=O) groups is 2. The lowest BCUT2D eigenvalue weighted by molar-refractivity contribution is -0.129. The molecule has 0 radical (unpaired) electrons. The van der Waals surface area contributed by atoms with Gasteiger partial charge >= 0.3 is 0 Å². The van der Waals surface area contributed by atoms with E-state index in [0.29, 0.717) is 30.8 Å². The van der Waals surface area contributed by atoms with Gasteiger partial charge in [0.1, 0.15) is 17.6 Å². The Morgan fingerprint density at radius 2 is 1.95 bits per heavy atom. The van der Waals surface area contributed by atoms with Crippen LogP contribution in [-0.2, 0) is 21.5 Å². The molecule has 0 saturated heterocycles. The first kappa shape index (κ1) is 29.1. The molecule has 1 saturated carbocycles. The third-order valence-electron chi connectivity index (χ3n) is 7.45. The summed E-state index contributed by atoms with van der Waals surface area (Å²) in [7, 11) is 0. The van der Waals surface area contributed by atoms with Crippen molar-refractivity contribution in [1.29, 1.82) is 0 Å². The van der Waals surface area contributed by atoms with Crippen molar-refractivity contribution in [3.05, 3.63) is 65.0 Å². The maximum atomic E-state index is 14.5. The maximum absolute atomic E-state index is 14.5. The zero-order valence-corrected chi connectivity index (χ0v) is 22.5. The number of halogens is 1. The average molecular weight is 546 g/mol. The molecule has 3 atom stereocenters. The van der Waals surface area contributed by atoms with Gasteiger partial charge in [0.15, 0.2) is 0 Å². The number of hydrogen-bond donors (Lipinski definition) is 4. The fraction of sp³-hybridized carbons (Fsp3) is 0.438. The van der Waals surface area contributed by atoms with Crippen LogP contribution in [0.1, 0.15) is 61.6 Å². The number of nitrogens with one attached hydrogen (secondary N) is 3. The molecule has 210 valence electrons. The van der Waals surface area contributed by atoms with E-state index in [0.717, 1.165) is 30.4 Å². The molecule has 0 unspecified atom stereocenters. The summed E-state index contributed by atoms with van der Waals surface area (Å²) >= 11 is 0. The monoisotopic (exact) mass is 545 g/mol. The lowest BCUT2D eigenvalue weighted by Crippen LogP contribution is -2.55. The first-order valence-corrected chi connectivity index (χ1v) is 13.8. The van der Waals surface area contributed by atoms with Crippen LogP contribution in [0.15, 0.2) is 42.5 Å². The Morgan fingerprint density at radius 1 is 1.12 bits per heavy atom. The fourth-order valence-corrected chi connectivity index (χ4v) is 5.03. The zero-order chi connectivity index (χ0) is 28.5. The van der Waals surface area contributed by atoms with Crippen molar-refractivity contribution in [2.75, 3.05) is 13.2 Å². The van der Waals surface area contributed by atoms with Crippen molar-refractivity contribution in [3.8, 4) is 30.4 Å². The standard InChI is InChI=1S/C32H36FN3O4/c1-3-9-27-31(39)36-28(29(37)21-34-32(13-14-32)24-11-8-10-22(4-2)16-24)19-23-17-25(33)20-26(18-23)40-15-7-5-6-12-30(38)35-27/h1-2,8,10-11,16-18,20,27-29,34,37H,5-7,9,12-15,19,21H2,(H,35,38)(H,36,39)/t27-,28-,29+/m0/s1. The van der Waals surface area contributed by atoms with Crippen molar-refractivity contribution < 1.29 is 23.8 Å². The molecule has 4 N–H and O–H groups in total. The average Bonchev–Trinajstić information content (AvgIpc) is 3.73. The molecular weight excluding hydrogens is 509 g/mol. The molecular formula is C32H36FN3O4. The Hall–Kier alpha value is -3.85. The van der Waals surface area contributed by atoms with Crippen LogP contribution in [0.5, 0.6) is 5.75 Å². The minimum atomic E-state index is -1.04. The Labute approximate surface area is 235 Å². The van der Waals surface area contributed by atoms with E-state index in [2.05, 4.69) is 27.8 Å². The molecule has 7 nitrogen and oxygen atoms in total. The molecule has 1 aliphatic heterocycles. The highest BCUT2D eigenvalue weighted by Gasteiger charge is 2.44. The van der Waals surface area contributed by atoms with Gasteiger partial charge in [0.2, 0.25) is 11.8 Å². The van der Waals surface area contributed by atoms with Crippen molar-refractivity contribution >= 4 is 11.8 Å². The molecule has 1 heterocycles. The molecule has 2 aromatic carbocycles. The van der Waals surface area contributed by atoms with Crippen LogP contribution in [0.3, 0.4) is 0 Å². The number of fused-ring (bicyclic) bond motifs is 2. The van der Waals surface area contributed by atoms with Gasteiger partial charge in [-0.15, -0.1) is 18.8 Å². The summed E-state index contributed by atoms with van der Waals surface area (Å²) in [5, 5.41) is 20.4. The molecule has 1 aliphatic carbocycles. The third kappa shape index (κ3) is 7.85. The van der Waals surface area contributed by atoms with Crippen LogP contribution in [0.2, 0.25) is 0 Å². The van der Waals surface area contributed by atoms with Crippen molar-refractivity contribution in [2.45, 2.75) is 75.1 Å². The summed E-state index contributed by atoms with van der Waals surface area (Å²) < 4.78 is 20.2. The summed E-state index contributed by atoms with van der Waals surface area (Å²) in [5.74, 6) is 4.25. The molecule has 2 amide bonds. The highest BCUT2D eigenvalue weighted by molar-refractivity contribution is 5.88. The zero-order valence-electron chi connectivity index (χ0n) is 22.5. The quantitative estimate of drug-likeness (QED) is 0.419. The van der Waals surface area contributed by atoms with E-state index >= 15 is 0 Å². The predicted octanol–water partition coefficient (Wildman–Crippen LogP) is 2.94. The number of terminal acetylenes is 2. The Morgan fingerprint density at radius 3 is 2.70 bits per heavy atom. The first-order chi connectivity index (χ1) is 19.3. The van der Waals surface area contributed by atoms with Crippen LogP contribution >= 0.6 is 0 Å². The second-order valence-corrected chi connectivity index (χ2v) is 10.6. The molecule has 2 aliphatic rings. The number of hydrogen-bond acceptors (Lipinski definition) is 5. The van der Waals surface area contributed by atoms with Gasteiger partial charge in [-0.25, -0.2) is 4.39 Å². The van der Waals surface area contributed by atoms with Gasteiger partial charge in [0.25, 0.3) is 0 Å². The summed E-state index contributed by atoms with van der Waals surface area (Å²) in [6.45, 7) is 0.552. The van der Waals surface area contributed by atoms with Gasteiger partial charge in [0, 0.05) is 36.6 Å². The summed E-state index contributed by atoms with van der Waals surface area (Å²) in [6.07, 6.45) is 14.2. The van der Waals surface area contributed by atoms with Gasteiger partial charge in [-0.05, 0) is 73.9 Å². The summed E-state index contributed by atoms with van der Waals surface area (Å²) in [4.78, 5) is 25.8. The highest BCUT2D eigenvalue weighted by atomic mass is 19.1. The number of aliphatic hydroxyl groups is 1. The van der Waals surface area contributed by atoms with Gasteiger partial charge < -0.3 is 25.8 Å². The molecule has 0 aromatic heterocycles. The van der Waals surface area contributed by atoms with Crippen molar-refractivity contribution in [2.24, 2.45) is 0 Å². The second kappa shape index (κ2) is 13.5. The van der Waals surface area contributed by atoms with Crippen LogP contribution in [0.25, 0.3) is 0 Å². The normalized spacial score (nSPS) is 22.0. The third-order valence-corrected chi connectivity index (χ3v) is 7.45. The van der Waals surface area contributed by atoms with E-state index in [1.54, 1.807) is 6.07 Å². The van der Waals surface area contributed by atoms with E-state index in [1.165, 1.54) is 12.1 Å². The van der Waals surface area contributed by atoms with Crippen LogP contribution in [0.4, 0.5) is 4.39 Å². The van der Waals surface area contributed by atoms with E-state index in [-0.39, 0.29) is 37.3 Å². The largest absolute Gasteiger partial charge is 0.493 e. The number of ether oxygens (including phenoxy) is 1. The number of rotatable bonds is 6. The first-order valence-electron chi connectivity index (χ1n) is 13.8. The van der Waals surface area contributed by atoms with Crippen LogP contribution < -0.4 is 20.7 Å². The Kier molecular flexibility index (Phi) is 9.82. The molecule has 2 aromatic rings. The topological polar surface area (TPSA) is 99.7 Å². The van der Waals surface area contributed by atoms with Crippen molar-refractivity contribution in [3.63, 3.8) is 0 Å². The highest BCUT2D eigenvalue weighted by Crippen LogP contribution is 2.45.